The van der Waals surface area contributed by atoms with E-state index in [2.05, 4.69) is 11.1 Å². The van der Waals surface area contributed by atoms with Crippen molar-refractivity contribution >= 4 is 44.5 Å². The molecule has 0 amide bonds. The third kappa shape index (κ3) is 1.98. The predicted octanol–water partition coefficient (Wildman–Crippen LogP) is 4.06. The van der Waals surface area contributed by atoms with E-state index < -0.39 is 0 Å². The van der Waals surface area contributed by atoms with Crippen LogP contribution < -0.4 is 5.73 Å². The third-order valence-electron chi connectivity index (χ3n) is 2.61. The fourth-order valence-corrected chi connectivity index (χ4v) is 3.70. The molecule has 0 fully saturated rings. The van der Waals surface area contributed by atoms with E-state index in [0.717, 1.165) is 25.7 Å². The Morgan fingerprint density at radius 1 is 1.24 bits per heavy atom. The first-order valence-electron chi connectivity index (χ1n) is 5.07. The lowest BCUT2D eigenvalue weighted by Gasteiger charge is -2.10. The fourth-order valence-electron chi connectivity index (χ4n) is 1.71. The molecular formula is C12H9ClN2S2. The molecule has 5 heteroatoms. The summed E-state index contributed by atoms with van der Waals surface area (Å²) in [4.78, 5) is 5.38. The summed E-state index contributed by atoms with van der Waals surface area (Å²) in [6.45, 7) is 0. The zero-order chi connectivity index (χ0) is 11.8. The molecule has 2 nitrogen and oxygen atoms in total. The number of nitrogens with two attached hydrogens (primary N) is 1. The SMILES string of the molecule is NC(c1cnc2ccsc2c1)c1sccc1Cl. The van der Waals surface area contributed by atoms with Gasteiger partial charge in [0.25, 0.3) is 0 Å². The molecule has 3 aromatic heterocycles. The van der Waals surface area contributed by atoms with Crippen LogP contribution in [-0.2, 0) is 0 Å². The normalized spacial score (nSPS) is 13.1. The monoisotopic (exact) mass is 280 g/mol. The third-order valence-corrected chi connectivity index (χ3v) is 4.90. The fraction of sp³-hybridized carbons (Fsp3) is 0.0833. The van der Waals surface area contributed by atoms with Crippen molar-refractivity contribution < 1.29 is 0 Å². The summed E-state index contributed by atoms with van der Waals surface area (Å²) in [5.74, 6) is 0. The number of aromatic nitrogens is 1. The van der Waals surface area contributed by atoms with Crippen molar-refractivity contribution in [3.63, 3.8) is 0 Å². The van der Waals surface area contributed by atoms with Gasteiger partial charge < -0.3 is 5.73 Å². The number of rotatable bonds is 2. The summed E-state index contributed by atoms with van der Waals surface area (Å²) >= 11 is 9.35. The van der Waals surface area contributed by atoms with Gasteiger partial charge in [0.1, 0.15) is 0 Å². The second kappa shape index (κ2) is 4.38. The number of fused-ring (bicyclic) bond motifs is 1. The van der Waals surface area contributed by atoms with Gasteiger partial charge in [0.05, 0.1) is 21.3 Å². The van der Waals surface area contributed by atoms with Crippen LogP contribution in [0, 0.1) is 0 Å². The number of halogens is 1. The van der Waals surface area contributed by atoms with Gasteiger partial charge in [-0.05, 0) is 34.5 Å². The van der Waals surface area contributed by atoms with E-state index in [1.807, 2.05) is 29.1 Å². The lowest BCUT2D eigenvalue weighted by Crippen LogP contribution is -2.10. The van der Waals surface area contributed by atoms with Crippen molar-refractivity contribution in [2.75, 3.05) is 0 Å². The molecule has 0 aromatic carbocycles. The van der Waals surface area contributed by atoms with Crippen molar-refractivity contribution in [2.45, 2.75) is 6.04 Å². The first-order chi connectivity index (χ1) is 8.25. The largest absolute Gasteiger partial charge is 0.320 e. The molecule has 0 aliphatic heterocycles. The van der Waals surface area contributed by atoms with Crippen LogP contribution in [0.3, 0.4) is 0 Å². The van der Waals surface area contributed by atoms with E-state index in [-0.39, 0.29) is 6.04 Å². The van der Waals surface area contributed by atoms with Crippen LogP contribution in [0.2, 0.25) is 5.02 Å². The molecule has 0 aliphatic rings. The standard InChI is InChI=1S/C12H9ClN2S2/c13-8-1-3-17-12(8)11(14)7-5-10-9(15-6-7)2-4-16-10/h1-6,11H,14H2. The lowest BCUT2D eigenvalue weighted by molar-refractivity contribution is 0.889. The van der Waals surface area contributed by atoms with Gasteiger partial charge in [-0.3, -0.25) is 4.98 Å². The van der Waals surface area contributed by atoms with Gasteiger partial charge >= 0.3 is 0 Å². The molecule has 1 atom stereocenters. The van der Waals surface area contributed by atoms with Crippen molar-refractivity contribution in [3.8, 4) is 0 Å². The Morgan fingerprint density at radius 3 is 2.82 bits per heavy atom. The van der Waals surface area contributed by atoms with E-state index in [1.165, 1.54) is 0 Å². The van der Waals surface area contributed by atoms with Gasteiger partial charge in [-0.2, -0.15) is 0 Å². The number of nitrogens with zero attached hydrogens (tertiary/aromatic N) is 1. The maximum atomic E-state index is 6.21. The number of hydrogen-bond donors (Lipinski definition) is 1. The second-order valence-corrected chi connectivity index (χ2v) is 5.99. The Kier molecular flexibility index (Phi) is 2.88. The van der Waals surface area contributed by atoms with Crippen LogP contribution in [0.4, 0.5) is 0 Å². The average molecular weight is 281 g/mol. The summed E-state index contributed by atoms with van der Waals surface area (Å²) < 4.78 is 1.16. The van der Waals surface area contributed by atoms with Gasteiger partial charge in [0.2, 0.25) is 0 Å². The average Bonchev–Trinajstić information content (AvgIpc) is 2.95. The van der Waals surface area contributed by atoms with Crippen molar-refractivity contribution in [3.05, 3.63) is 50.6 Å². The maximum absolute atomic E-state index is 6.21. The summed E-state index contributed by atoms with van der Waals surface area (Å²) in [6.07, 6.45) is 1.83. The molecule has 1 unspecified atom stereocenters. The minimum Gasteiger partial charge on any atom is -0.320 e. The molecule has 2 N–H and O–H groups in total. The Labute approximate surface area is 112 Å². The smallest absolute Gasteiger partial charge is 0.0809 e. The topological polar surface area (TPSA) is 38.9 Å². The molecule has 17 heavy (non-hydrogen) atoms. The van der Waals surface area contributed by atoms with Crippen molar-refractivity contribution in [1.29, 1.82) is 0 Å². The van der Waals surface area contributed by atoms with Crippen LogP contribution in [0.25, 0.3) is 10.2 Å². The molecule has 0 aliphatic carbocycles. The Hall–Kier alpha value is -0.940. The number of hydrogen-bond acceptors (Lipinski definition) is 4. The molecular weight excluding hydrogens is 272 g/mol. The number of thiophene rings is 2. The zero-order valence-electron chi connectivity index (χ0n) is 8.76. The number of pyridine rings is 1. The minimum absolute atomic E-state index is 0.193. The van der Waals surface area contributed by atoms with Gasteiger partial charge in [0.15, 0.2) is 0 Å². The molecule has 0 bridgehead atoms. The first-order valence-corrected chi connectivity index (χ1v) is 7.21. The van der Waals surface area contributed by atoms with E-state index in [9.17, 15) is 0 Å². The first kappa shape index (κ1) is 11.2. The molecule has 3 heterocycles. The second-order valence-electron chi connectivity index (χ2n) is 3.68. The van der Waals surface area contributed by atoms with Gasteiger partial charge in [-0.25, -0.2) is 0 Å². The highest BCUT2D eigenvalue weighted by Crippen LogP contribution is 2.32. The Balaban J connectivity index is 2.06. The quantitative estimate of drug-likeness (QED) is 0.769. The maximum Gasteiger partial charge on any atom is 0.0809 e. The summed E-state index contributed by atoms with van der Waals surface area (Å²) in [7, 11) is 0. The van der Waals surface area contributed by atoms with Crippen LogP contribution in [-0.4, -0.2) is 4.98 Å². The highest BCUT2D eigenvalue weighted by Gasteiger charge is 2.14. The van der Waals surface area contributed by atoms with Crippen LogP contribution in [0.1, 0.15) is 16.5 Å². The van der Waals surface area contributed by atoms with E-state index >= 15 is 0 Å². The molecule has 0 radical (unpaired) electrons. The molecule has 3 aromatic rings. The molecule has 0 spiro atoms. The Bertz CT molecular complexity index is 659. The van der Waals surface area contributed by atoms with Crippen molar-refractivity contribution in [2.24, 2.45) is 5.73 Å². The molecule has 0 saturated heterocycles. The summed E-state index contributed by atoms with van der Waals surface area (Å²) in [6, 6.07) is 5.78. The van der Waals surface area contributed by atoms with Gasteiger partial charge in [0, 0.05) is 11.1 Å². The van der Waals surface area contributed by atoms with E-state index in [0.29, 0.717) is 0 Å². The predicted molar refractivity (Wildman–Crippen MR) is 75.0 cm³/mol. The van der Waals surface area contributed by atoms with Crippen molar-refractivity contribution in [1.82, 2.24) is 4.98 Å². The minimum atomic E-state index is -0.193. The molecule has 0 saturated carbocycles. The summed E-state index contributed by atoms with van der Waals surface area (Å²) in [5, 5.41) is 4.72. The van der Waals surface area contributed by atoms with Crippen LogP contribution >= 0.6 is 34.3 Å². The highest BCUT2D eigenvalue weighted by atomic mass is 35.5. The molecule has 3 rings (SSSR count). The Morgan fingerprint density at radius 2 is 2.06 bits per heavy atom. The highest BCUT2D eigenvalue weighted by molar-refractivity contribution is 7.17. The molecule has 86 valence electrons. The van der Waals surface area contributed by atoms with E-state index in [4.69, 9.17) is 17.3 Å². The van der Waals surface area contributed by atoms with Crippen LogP contribution in [0.15, 0.2) is 35.2 Å². The zero-order valence-corrected chi connectivity index (χ0v) is 11.1. The van der Waals surface area contributed by atoms with Crippen LogP contribution in [0.5, 0.6) is 0 Å². The van der Waals surface area contributed by atoms with E-state index in [1.54, 1.807) is 22.7 Å². The summed E-state index contributed by atoms with van der Waals surface area (Å²) in [5.41, 5.74) is 8.23. The van der Waals surface area contributed by atoms with Gasteiger partial charge in [-0.15, -0.1) is 22.7 Å². The van der Waals surface area contributed by atoms with Gasteiger partial charge in [-0.1, -0.05) is 11.6 Å². The lowest BCUT2D eigenvalue weighted by atomic mass is 10.1.